The highest BCUT2D eigenvalue weighted by molar-refractivity contribution is 6.20. The zero-order valence-corrected chi connectivity index (χ0v) is 10.4. The van der Waals surface area contributed by atoms with Gasteiger partial charge in [-0.3, -0.25) is 25.0 Å². The highest BCUT2D eigenvalue weighted by Crippen LogP contribution is 2.40. The van der Waals surface area contributed by atoms with E-state index in [1.807, 2.05) is 10.6 Å². The number of imide groups is 2. The maximum atomic E-state index is 12.0. The molecule has 0 aromatic heterocycles. The van der Waals surface area contributed by atoms with E-state index < -0.39 is 41.1 Å². The van der Waals surface area contributed by atoms with Gasteiger partial charge in [0.25, 0.3) is 0 Å². The van der Waals surface area contributed by atoms with Crippen molar-refractivity contribution in [3.8, 4) is 0 Å². The second-order valence-electron chi connectivity index (χ2n) is 4.48. The van der Waals surface area contributed by atoms with Crippen LogP contribution in [0.1, 0.15) is 27.2 Å². The lowest BCUT2D eigenvalue weighted by Crippen LogP contribution is -2.67. The quantitative estimate of drug-likeness (QED) is 0.618. The molecule has 18 heavy (non-hydrogen) atoms. The summed E-state index contributed by atoms with van der Waals surface area (Å²) in [6, 6.07) is -0.915. The van der Waals surface area contributed by atoms with Crippen LogP contribution in [0, 0.1) is 17.3 Å². The zero-order valence-electron chi connectivity index (χ0n) is 10.4. The van der Waals surface area contributed by atoms with Crippen LogP contribution < -0.4 is 10.6 Å². The van der Waals surface area contributed by atoms with Crippen molar-refractivity contribution in [2.45, 2.75) is 27.2 Å². The van der Waals surface area contributed by atoms with Gasteiger partial charge >= 0.3 is 12.0 Å². The van der Waals surface area contributed by atoms with Crippen LogP contribution in [0.5, 0.6) is 0 Å². The van der Waals surface area contributed by atoms with E-state index in [9.17, 15) is 19.2 Å². The third-order valence-corrected chi connectivity index (χ3v) is 3.65. The van der Waals surface area contributed by atoms with Crippen LogP contribution in [0.15, 0.2) is 0 Å². The minimum absolute atomic E-state index is 0.437. The molecule has 0 bridgehead atoms. The van der Waals surface area contributed by atoms with Gasteiger partial charge in [0.05, 0.1) is 5.92 Å². The van der Waals surface area contributed by atoms with Crippen LogP contribution >= 0.6 is 0 Å². The van der Waals surface area contributed by atoms with Crippen molar-refractivity contribution in [1.29, 1.82) is 0 Å². The van der Waals surface area contributed by atoms with Gasteiger partial charge in [-0.2, -0.15) is 0 Å². The molecule has 1 saturated heterocycles. The lowest BCUT2D eigenvalue weighted by Gasteiger charge is -2.40. The summed E-state index contributed by atoms with van der Waals surface area (Å²) in [6.07, 6.45) is 0.437. The minimum Gasteiger partial charge on any atom is -0.481 e. The Morgan fingerprint density at radius 1 is 1.22 bits per heavy atom. The lowest BCUT2D eigenvalue weighted by atomic mass is 9.64. The van der Waals surface area contributed by atoms with Crippen LogP contribution in [0.4, 0.5) is 4.79 Å². The molecule has 1 aliphatic heterocycles. The van der Waals surface area contributed by atoms with Crippen LogP contribution in [-0.4, -0.2) is 28.9 Å². The normalized spacial score (nSPS) is 21.8. The topological polar surface area (TPSA) is 113 Å². The summed E-state index contributed by atoms with van der Waals surface area (Å²) in [5.41, 5.74) is -1.76. The van der Waals surface area contributed by atoms with Crippen LogP contribution in [0.25, 0.3) is 0 Å². The monoisotopic (exact) mass is 256 g/mol. The number of carboxylic acids is 1. The first-order chi connectivity index (χ1) is 8.28. The third-order valence-electron chi connectivity index (χ3n) is 3.65. The molecule has 1 fully saturated rings. The van der Waals surface area contributed by atoms with E-state index in [0.717, 1.165) is 0 Å². The predicted molar refractivity (Wildman–Crippen MR) is 60.4 cm³/mol. The van der Waals surface area contributed by atoms with Gasteiger partial charge in [-0.05, 0) is 5.92 Å². The van der Waals surface area contributed by atoms with Gasteiger partial charge < -0.3 is 5.11 Å². The van der Waals surface area contributed by atoms with Crippen molar-refractivity contribution in [3.05, 3.63) is 0 Å². The number of hydrogen-bond acceptors (Lipinski definition) is 4. The van der Waals surface area contributed by atoms with Gasteiger partial charge in [0, 0.05) is 0 Å². The molecule has 0 spiro atoms. The Labute approximate surface area is 104 Å². The number of carbonyl (C=O) groups excluding carboxylic acids is 3. The average Bonchev–Trinajstić information content (AvgIpc) is 2.27. The fourth-order valence-electron chi connectivity index (χ4n) is 2.33. The fraction of sp³-hybridized carbons (Fsp3) is 0.636. The highest BCUT2D eigenvalue weighted by atomic mass is 16.4. The molecule has 0 radical (unpaired) electrons. The molecule has 0 aromatic carbocycles. The largest absolute Gasteiger partial charge is 0.481 e. The highest BCUT2D eigenvalue weighted by Gasteiger charge is 2.59. The number of nitrogens with one attached hydrogen (secondary N) is 2. The van der Waals surface area contributed by atoms with Gasteiger partial charge in [-0.1, -0.05) is 27.2 Å². The van der Waals surface area contributed by atoms with Crippen molar-refractivity contribution in [2.75, 3.05) is 0 Å². The summed E-state index contributed by atoms with van der Waals surface area (Å²) < 4.78 is 0. The van der Waals surface area contributed by atoms with Crippen molar-refractivity contribution >= 4 is 23.8 Å². The Hall–Kier alpha value is -1.92. The van der Waals surface area contributed by atoms with E-state index in [2.05, 4.69) is 0 Å². The van der Waals surface area contributed by atoms with Gasteiger partial charge in [0.2, 0.25) is 11.8 Å². The second-order valence-corrected chi connectivity index (χ2v) is 4.48. The Bertz CT molecular complexity index is 398. The Kier molecular flexibility index (Phi) is 3.73. The first-order valence-corrected chi connectivity index (χ1v) is 5.68. The molecular weight excluding hydrogens is 240 g/mol. The van der Waals surface area contributed by atoms with Gasteiger partial charge in [0.1, 0.15) is 5.41 Å². The molecule has 1 heterocycles. The summed E-state index contributed by atoms with van der Waals surface area (Å²) in [4.78, 5) is 46.3. The van der Waals surface area contributed by atoms with Crippen molar-refractivity contribution < 1.29 is 24.3 Å². The lowest BCUT2D eigenvalue weighted by molar-refractivity contribution is -0.163. The summed E-state index contributed by atoms with van der Waals surface area (Å²) in [5, 5.41) is 13.1. The fourth-order valence-corrected chi connectivity index (χ4v) is 2.33. The number of hydrogen-bond donors (Lipinski definition) is 3. The molecule has 1 aliphatic rings. The molecule has 7 heteroatoms. The Morgan fingerprint density at radius 2 is 1.67 bits per heavy atom. The predicted octanol–water partition coefficient (Wildman–Crippen LogP) is 0.106. The minimum atomic E-state index is -1.76. The average molecular weight is 256 g/mol. The molecule has 2 unspecified atom stereocenters. The van der Waals surface area contributed by atoms with E-state index in [0.29, 0.717) is 6.42 Å². The number of carboxylic acid groups (broad SMARTS) is 1. The standard InChI is InChI=1S/C11H16N2O5/c1-4-5(2)11(6(3)7(14)15)8(16)12-10(18)13-9(11)17/h5-6H,4H2,1-3H3,(H,14,15)(H2,12,13,16,17,18). The first kappa shape index (κ1) is 14.1. The molecular formula is C11H16N2O5. The molecule has 3 N–H and O–H groups in total. The Morgan fingerprint density at radius 3 is 2.00 bits per heavy atom. The van der Waals surface area contributed by atoms with Crippen LogP contribution in [0.2, 0.25) is 0 Å². The smallest absolute Gasteiger partial charge is 0.328 e. The first-order valence-electron chi connectivity index (χ1n) is 5.68. The van der Waals surface area contributed by atoms with Crippen molar-refractivity contribution in [1.82, 2.24) is 10.6 Å². The van der Waals surface area contributed by atoms with E-state index in [4.69, 9.17) is 5.11 Å². The van der Waals surface area contributed by atoms with Crippen molar-refractivity contribution in [3.63, 3.8) is 0 Å². The number of amides is 4. The SMILES string of the molecule is CCC(C)C1(C(C)C(=O)O)C(=O)NC(=O)NC1=O. The van der Waals surface area contributed by atoms with Gasteiger partial charge in [-0.25, -0.2) is 4.79 Å². The van der Waals surface area contributed by atoms with Crippen LogP contribution in [0.3, 0.4) is 0 Å². The van der Waals surface area contributed by atoms with E-state index in [1.54, 1.807) is 13.8 Å². The van der Waals surface area contributed by atoms with Gasteiger partial charge in [-0.15, -0.1) is 0 Å². The maximum Gasteiger partial charge on any atom is 0.328 e. The summed E-state index contributed by atoms with van der Waals surface area (Å²) in [6.45, 7) is 4.66. The number of urea groups is 1. The molecule has 0 aliphatic carbocycles. The maximum absolute atomic E-state index is 12.0. The molecule has 100 valence electrons. The molecule has 4 amide bonds. The van der Waals surface area contributed by atoms with Crippen LogP contribution in [-0.2, 0) is 14.4 Å². The summed E-state index contributed by atoms with van der Waals surface area (Å²) >= 11 is 0. The number of aliphatic carboxylic acids is 1. The molecule has 0 aromatic rings. The molecule has 0 saturated carbocycles. The molecule has 7 nitrogen and oxygen atoms in total. The summed E-state index contributed by atoms with van der Waals surface area (Å²) in [7, 11) is 0. The number of carbonyl (C=O) groups is 4. The molecule has 2 atom stereocenters. The Balaban J connectivity index is 3.35. The van der Waals surface area contributed by atoms with Crippen molar-refractivity contribution in [2.24, 2.45) is 17.3 Å². The van der Waals surface area contributed by atoms with E-state index >= 15 is 0 Å². The van der Waals surface area contributed by atoms with Gasteiger partial charge in [0.15, 0.2) is 0 Å². The number of barbiturate groups is 1. The zero-order chi connectivity index (χ0) is 14.1. The second kappa shape index (κ2) is 4.75. The summed E-state index contributed by atoms with van der Waals surface area (Å²) in [5.74, 6) is -4.67. The molecule has 1 rings (SSSR count). The van der Waals surface area contributed by atoms with E-state index in [-0.39, 0.29) is 0 Å². The third kappa shape index (κ3) is 1.85. The van der Waals surface area contributed by atoms with E-state index in [1.165, 1.54) is 6.92 Å². The number of rotatable bonds is 4.